The first-order chi connectivity index (χ1) is 13.1. The second kappa shape index (κ2) is 7.25. The molecule has 0 bridgehead atoms. The molecule has 1 unspecified atom stereocenters. The maximum atomic E-state index is 13.0. The highest BCUT2D eigenvalue weighted by atomic mass is 32.2. The Bertz CT molecular complexity index is 1040. The second-order valence-corrected chi connectivity index (χ2v) is 8.65. The first-order valence-electron chi connectivity index (χ1n) is 9.13. The number of nitrogen functional groups attached to an aromatic ring is 1. The van der Waals surface area contributed by atoms with Crippen LogP contribution in [0.15, 0.2) is 59.6 Å². The van der Waals surface area contributed by atoms with E-state index >= 15 is 0 Å². The molecule has 0 saturated carbocycles. The van der Waals surface area contributed by atoms with Crippen molar-refractivity contribution < 1.29 is 13.2 Å². The maximum absolute atomic E-state index is 13.0. The average Bonchev–Trinajstić information content (AvgIpc) is 3.13. The lowest BCUT2D eigenvalue weighted by molar-refractivity contribution is 0.241. The lowest BCUT2D eigenvalue weighted by Crippen LogP contribution is -2.38. The van der Waals surface area contributed by atoms with Crippen molar-refractivity contribution >= 4 is 26.6 Å². The summed E-state index contributed by atoms with van der Waals surface area (Å²) in [4.78, 5) is 0.201. The molecule has 3 N–H and O–H groups in total. The van der Waals surface area contributed by atoms with E-state index in [0.717, 1.165) is 18.4 Å². The van der Waals surface area contributed by atoms with E-state index in [1.807, 2.05) is 12.1 Å². The number of rotatable bonds is 5. The van der Waals surface area contributed by atoms with Gasteiger partial charge in [0.2, 0.25) is 0 Å². The minimum Gasteiger partial charge on any atom is -0.491 e. The van der Waals surface area contributed by atoms with Gasteiger partial charge < -0.3 is 15.8 Å². The Kier molecular flexibility index (Phi) is 4.80. The normalized spacial score (nSPS) is 17.9. The van der Waals surface area contributed by atoms with Crippen molar-refractivity contribution in [3.63, 3.8) is 0 Å². The number of hydrogen-bond donors (Lipinski definition) is 2. The number of nitrogens with two attached hydrogens (primary N) is 1. The minimum absolute atomic E-state index is 0.201. The molecule has 6 nitrogen and oxygen atoms in total. The van der Waals surface area contributed by atoms with Gasteiger partial charge >= 0.3 is 0 Å². The molecule has 1 aliphatic heterocycles. The molecule has 27 heavy (non-hydrogen) atoms. The zero-order valence-electron chi connectivity index (χ0n) is 15.0. The van der Waals surface area contributed by atoms with Gasteiger partial charge in [0.25, 0.3) is 10.0 Å². The van der Waals surface area contributed by atoms with Crippen LogP contribution in [-0.2, 0) is 10.0 Å². The van der Waals surface area contributed by atoms with E-state index in [9.17, 15) is 8.42 Å². The fraction of sp³-hybridized carbons (Fsp3) is 0.300. The molecule has 2 heterocycles. The molecule has 0 amide bonds. The van der Waals surface area contributed by atoms with E-state index in [4.69, 9.17) is 10.5 Å². The van der Waals surface area contributed by atoms with Crippen LogP contribution in [0, 0.1) is 0 Å². The van der Waals surface area contributed by atoms with Crippen LogP contribution in [0.4, 0.5) is 5.69 Å². The van der Waals surface area contributed by atoms with Crippen LogP contribution < -0.4 is 15.8 Å². The maximum Gasteiger partial charge on any atom is 0.268 e. The number of aromatic nitrogens is 1. The predicted octanol–water partition coefficient (Wildman–Crippen LogP) is 2.98. The third kappa shape index (κ3) is 3.52. The summed E-state index contributed by atoms with van der Waals surface area (Å²) in [6.45, 7) is 1.60. The molecule has 1 aromatic heterocycles. The first-order valence-corrected chi connectivity index (χ1v) is 10.6. The molecule has 1 atom stereocenters. The fourth-order valence-corrected chi connectivity index (χ4v) is 4.81. The molecular weight excluding hydrogens is 362 g/mol. The molecule has 1 fully saturated rings. The largest absolute Gasteiger partial charge is 0.491 e. The van der Waals surface area contributed by atoms with Crippen LogP contribution in [0.1, 0.15) is 19.3 Å². The van der Waals surface area contributed by atoms with E-state index in [2.05, 4.69) is 5.32 Å². The van der Waals surface area contributed by atoms with Crippen LogP contribution in [0.2, 0.25) is 0 Å². The number of hydrogen-bond acceptors (Lipinski definition) is 5. The van der Waals surface area contributed by atoms with Gasteiger partial charge in [-0.1, -0.05) is 12.5 Å². The summed E-state index contributed by atoms with van der Waals surface area (Å²) in [6, 6.07) is 13.8. The van der Waals surface area contributed by atoms with E-state index in [0.29, 0.717) is 29.6 Å². The molecule has 0 spiro atoms. The second-order valence-electron chi connectivity index (χ2n) is 6.83. The zero-order valence-corrected chi connectivity index (χ0v) is 15.8. The van der Waals surface area contributed by atoms with E-state index < -0.39 is 10.0 Å². The van der Waals surface area contributed by atoms with Crippen LogP contribution >= 0.6 is 0 Å². The lowest BCUT2D eigenvalue weighted by atomic mass is 10.1. The zero-order chi connectivity index (χ0) is 18.9. The molecule has 0 radical (unpaired) electrons. The summed E-state index contributed by atoms with van der Waals surface area (Å²) in [5, 5.41) is 4.24. The number of fused-ring (bicyclic) bond motifs is 1. The number of nitrogens with one attached hydrogen (secondary N) is 1. The highest BCUT2D eigenvalue weighted by molar-refractivity contribution is 7.90. The highest BCUT2D eigenvalue weighted by Gasteiger charge is 2.20. The molecule has 1 aliphatic rings. The van der Waals surface area contributed by atoms with Gasteiger partial charge in [-0.3, -0.25) is 0 Å². The molecule has 3 aromatic rings. The van der Waals surface area contributed by atoms with Crippen LogP contribution in [0.3, 0.4) is 0 Å². The van der Waals surface area contributed by atoms with Crippen molar-refractivity contribution in [3.8, 4) is 5.75 Å². The van der Waals surface area contributed by atoms with Gasteiger partial charge in [0, 0.05) is 23.3 Å². The highest BCUT2D eigenvalue weighted by Crippen LogP contribution is 2.29. The van der Waals surface area contributed by atoms with Gasteiger partial charge in [0.1, 0.15) is 12.4 Å². The smallest absolute Gasteiger partial charge is 0.268 e. The predicted molar refractivity (Wildman–Crippen MR) is 107 cm³/mol. The first kappa shape index (κ1) is 17.9. The van der Waals surface area contributed by atoms with Crippen LogP contribution in [-0.4, -0.2) is 31.6 Å². The Morgan fingerprint density at radius 3 is 2.67 bits per heavy atom. The summed E-state index contributed by atoms with van der Waals surface area (Å²) in [6.07, 6.45) is 5.09. The van der Waals surface area contributed by atoms with Gasteiger partial charge in [-0.15, -0.1) is 0 Å². The number of anilines is 1. The monoisotopic (exact) mass is 385 g/mol. The molecule has 142 valence electrons. The third-order valence-electron chi connectivity index (χ3n) is 4.95. The van der Waals surface area contributed by atoms with Crippen molar-refractivity contribution in [2.45, 2.75) is 30.2 Å². The Hall–Kier alpha value is -2.51. The Balaban J connectivity index is 1.64. The van der Waals surface area contributed by atoms with Gasteiger partial charge in [0.15, 0.2) is 0 Å². The quantitative estimate of drug-likeness (QED) is 0.660. The molecule has 2 aromatic carbocycles. The van der Waals surface area contributed by atoms with Gasteiger partial charge in [-0.2, -0.15) is 0 Å². The van der Waals surface area contributed by atoms with Crippen molar-refractivity contribution in [2.75, 3.05) is 18.9 Å². The molecule has 0 aliphatic carbocycles. The molecule has 7 heteroatoms. The van der Waals surface area contributed by atoms with Crippen LogP contribution in [0.25, 0.3) is 10.9 Å². The minimum atomic E-state index is -3.70. The molecule has 4 rings (SSSR count). The average molecular weight is 385 g/mol. The van der Waals surface area contributed by atoms with E-state index in [1.165, 1.54) is 28.9 Å². The van der Waals surface area contributed by atoms with Gasteiger partial charge in [0.05, 0.1) is 10.4 Å². The Labute approximate surface area is 159 Å². The van der Waals surface area contributed by atoms with Gasteiger partial charge in [-0.05, 0) is 61.9 Å². The lowest BCUT2D eigenvalue weighted by Gasteiger charge is -2.23. The number of piperidine rings is 1. The summed E-state index contributed by atoms with van der Waals surface area (Å²) < 4.78 is 33.3. The van der Waals surface area contributed by atoms with E-state index in [-0.39, 0.29) is 4.90 Å². The number of ether oxygens (including phenoxy) is 1. The van der Waals surface area contributed by atoms with Crippen molar-refractivity contribution in [1.29, 1.82) is 0 Å². The van der Waals surface area contributed by atoms with Gasteiger partial charge in [-0.25, -0.2) is 12.4 Å². The van der Waals surface area contributed by atoms with Crippen molar-refractivity contribution in [3.05, 3.63) is 54.7 Å². The Morgan fingerprint density at radius 2 is 1.93 bits per heavy atom. The standard InChI is InChI=1S/C20H23N3O3S/c21-15-7-9-17(10-8-15)27(24,25)23-13-11-18-19(23)5-3-6-20(18)26-14-16-4-1-2-12-22-16/h3,5-11,13,16,22H,1-2,4,12,14,21H2. The third-order valence-corrected chi connectivity index (χ3v) is 6.65. The fourth-order valence-electron chi connectivity index (χ4n) is 3.46. The van der Waals surface area contributed by atoms with Crippen molar-refractivity contribution in [2.24, 2.45) is 0 Å². The summed E-state index contributed by atoms with van der Waals surface area (Å²) >= 11 is 0. The number of nitrogens with zero attached hydrogens (tertiary/aromatic N) is 1. The van der Waals surface area contributed by atoms with Crippen LogP contribution in [0.5, 0.6) is 5.75 Å². The number of benzene rings is 2. The Morgan fingerprint density at radius 1 is 1.11 bits per heavy atom. The summed E-state index contributed by atoms with van der Waals surface area (Å²) in [5.74, 6) is 0.700. The topological polar surface area (TPSA) is 86.4 Å². The molecule has 1 saturated heterocycles. The summed E-state index contributed by atoms with van der Waals surface area (Å²) in [7, 11) is -3.70. The van der Waals surface area contributed by atoms with E-state index in [1.54, 1.807) is 30.5 Å². The van der Waals surface area contributed by atoms with Crippen molar-refractivity contribution in [1.82, 2.24) is 9.29 Å². The molecular formula is C20H23N3O3S. The summed E-state index contributed by atoms with van der Waals surface area (Å²) in [5.41, 5.74) is 6.79. The SMILES string of the molecule is Nc1ccc(S(=O)(=O)n2ccc3c(OCC4CCCCN4)cccc32)cc1.